The third-order valence-corrected chi connectivity index (χ3v) is 4.27. The van der Waals surface area contributed by atoms with Crippen LogP contribution in [0.1, 0.15) is 35.4 Å². The molecule has 0 saturated heterocycles. The summed E-state index contributed by atoms with van der Waals surface area (Å²) < 4.78 is 0. The van der Waals surface area contributed by atoms with Crippen LogP contribution in [0.4, 0.5) is 5.69 Å². The third kappa shape index (κ3) is 4.18. The van der Waals surface area contributed by atoms with E-state index in [1.807, 2.05) is 16.8 Å². The number of carbonyl (C=O) groups excluding carboxylic acids is 2. The molecule has 0 aliphatic heterocycles. The molecule has 2 N–H and O–H groups in total. The molecule has 1 atom stereocenters. The summed E-state index contributed by atoms with van der Waals surface area (Å²) in [5.74, 6) is -0.380. The first-order valence-corrected chi connectivity index (χ1v) is 8.32. The van der Waals surface area contributed by atoms with E-state index < -0.39 is 6.10 Å². The standard InChI is InChI=1S/C17H20N2O3S/c1-3-16(21)19(2)14-7-5-4-6-13(14)17(22)18-10-15(20)12-8-9-23-11-12/h4-9,11,15,20H,3,10H2,1-2H3,(H,18,22). The fourth-order valence-electron chi connectivity index (χ4n) is 2.20. The molecule has 2 rings (SSSR count). The zero-order chi connectivity index (χ0) is 16.8. The number of anilines is 1. The van der Waals surface area contributed by atoms with Crippen molar-refractivity contribution in [2.45, 2.75) is 19.4 Å². The van der Waals surface area contributed by atoms with Crippen molar-refractivity contribution in [2.75, 3.05) is 18.5 Å². The zero-order valence-electron chi connectivity index (χ0n) is 13.2. The summed E-state index contributed by atoms with van der Waals surface area (Å²) in [7, 11) is 1.65. The number of para-hydroxylation sites is 1. The maximum Gasteiger partial charge on any atom is 0.253 e. The second-order valence-electron chi connectivity index (χ2n) is 5.11. The van der Waals surface area contributed by atoms with E-state index in [1.165, 1.54) is 16.2 Å². The lowest BCUT2D eigenvalue weighted by Gasteiger charge is -2.20. The monoisotopic (exact) mass is 332 g/mol. The van der Waals surface area contributed by atoms with Gasteiger partial charge in [0.25, 0.3) is 5.91 Å². The van der Waals surface area contributed by atoms with Crippen LogP contribution in [-0.4, -0.2) is 30.5 Å². The van der Waals surface area contributed by atoms with Gasteiger partial charge in [0, 0.05) is 20.0 Å². The highest BCUT2D eigenvalue weighted by Crippen LogP contribution is 2.20. The van der Waals surface area contributed by atoms with Crippen molar-refractivity contribution in [3.05, 3.63) is 52.2 Å². The number of nitrogens with one attached hydrogen (secondary N) is 1. The summed E-state index contributed by atoms with van der Waals surface area (Å²) in [6, 6.07) is 8.76. The Morgan fingerprint density at radius 1 is 1.30 bits per heavy atom. The predicted molar refractivity (Wildman–Crippen MR) is 91.8 cm³/mol. The molecule has 1 aromatic heterocycles. The van der Waals surface area contributed by atoms with Crippen molar-refractivity contribution < 1.29 is 14.7 Å². The Bertz CT molecular complexity index is 670. The summed E-state index contributed by atoms with van der Waals surface area (Å²) in [5, 5.41) is 16.5. The maximum atomic E-state index is 12.4. The fourth-order valence-corrected chi connectivity index (χ4v) is 2.90. The first-order chi connectivity index (χ1) is 11.0. The van der Waals surface area contributed by atoms with E-state index in [4.69, 9.17) is 0 Å². The molecule has 0 aliphatic rings. The van der Waals surface area contributed by atoms with Gasteiger partial charge in [0.15, 0.2) is 0 Å². The summed E-state index contributed by atoms with van der Waals surface area (Å²) in [4.78, 5) is 25.7. The van der Waals surface area contributed by atoms with Crippen LogP contribution in [0.5, 0.6) is 0 Å². The normalized spacial score (nSPS) is 11.8. The molecule has 1 unspecified atom stereocenters. The van der Waals surface area contributed by atoms with Gasteiger partial charge >= 0.3 is 0 Å². The lowest BCUT2D eigenvalue weighted by Crippen LogP contribution is -2.32. The number of hydrogen-bond acceptors (Lipinski definition) is 4. The number of aliphatic hydroxyl groups is 1. The van der Waals surface area contributed by atoms with Gasteiger partial charge < -0.3 is 15.3 Å². The van der Waals surface area contributed by atoms with Gasteiger partial charge in [-0.15, -0.1) is 0 Å². The average Bonchev–Trinajstić information content (AvgIpc) is 3.12. The number of amides is 2. The van der Waals surface area contributed by atoms with E-state index in [0.717, 1.165) is 5.56 Å². The van der Waals surface area contributed by atoms with E-state index in [-0.39, 0.29) is 18.4 Å². The number of aliphatic hydroxyl groups excluding tert-OH is 1. The molecule has 0 spiro atoms. The Kier molecular flexibility index (Phi) is 5.90. The van der Waals surface area contributed by atoms with Gasteiger partial charge in [-0.05, 0) is 34.5 Å². The molecular formula is C17H20N2O3S. The zero-order valence-corrected chi connectivity index (χ0v) is 14.0. The molecule has 0 radical (unpaired) electrons. The molecule has 2 aromatic rings. The van der Waals surface area contributed by atoms with Crippen LogP contribution in [0.3, 0.4) is 0 Å². The van der Waals surface area contributed by atoms with E-state index in [9.17, 15) is 14.7 Å². The molecule has 5 nitrogen and oxygen atoms in total. The van der Waals surface area contributed by atoms with E-state index >= 15 is 0 Å². The van der Waals surface area contributed by atoms with Gasteiger partial charge in [-0.3, -0.25) is 9.59 Å². The minimum absolute atomic E-state index is 0.0662. The number of benzene rings is 1. The molecular weight excluding hydrogens is 312 g/mol. The van der Waals surface area contributed by atoms with E-state index in [2.05, 4.69) is 5.32 Å². The first-order valence-electron chi connectivity index (χ1n) is 7.38. The second-order valence-corrected chi connectivity index (χ2v) is 5.89. The molecule has 2 amide bonds. The molecule has 0 bridgehead atoms. The van der Waals surface area contributed by atoms with Crippen LogP contribution in [0.25, 0.3) is 0 Å². The summed E-state index contributed by atoms with van der Waals surface area (Å²) in [6.45, 7) is 1.90. The molecule has 122 valence electrons. The third-order valence-electron chi connectivity index (χ3n) is 3.57. The highest BCUT2D eigenvalue weighted by atomic mass is 32.1. The smallest absolute Gasteiger partial charge is 0.253 e. The topological polar surface area (TPSA) is 69.6 Å². The Morgan fingerprint density at radius 3 is 2.70 bits per heavy atom. The predicted octanol–water partition coefficient (Wildman–Crippen LogP) is 2.58. The quantitative estimate of drug-likeness (QED) is 0.854. The van der Waals surface area contributed by atoms with Crippen molar-refractivity contribution in [3.8, 4) is 0 Å². The summed E-state index contributed by atoms with van der Waals surface area (Å²) in [6.07, 6.45) is -0.379. The fraction of sp³-hybridized carbons (Fsp3) is 0.294. The summed E-state index contributed by atoms with van der Waals surface area (Å²) in [5.41, 5.74) is 1.75. The van der Waals surface area contributed by atoms with Gasteiger partial charge in [-0.1, -0.05) is 19.1 Å². The highest BCUT2D eigenvalue weighted by molar-refractivity contribution is 7.07. The number of rotatable bonds is 6. The molecule has 1 heterocycles. The molecule has 0 fully saturated rings. The van der Waals surface area contributed by atoms with Crippen LogP contribution in [0.2, 0.25) is 0 Å². The van der Waals surface area contributed by atoms with Gasteiger partial charge in [-0.2, -0.15) is 11.3 Å². The highest BCUT2D eigenvalue weighted by Gasteiger charge is 2.18. The second kappa shape index (κ2) is 7.89. The van der Waals surface area contributed by atoms with Crippen molar-refractivity contribution in [1.29, 1.82) is 0 Å². The van der Waals surface area contributed by atoms with E-state index in [1.54, 1.807) is 38.2 Å². The van der Waals surface area contributed by atoms with Crippen LogP contribution in [-0.2, 0) is 4.79 Å². The molecule has 1 aromatic carbocycles. The van der Waals surface area contributed by atoms with Crippen molar-refractivity contribution in [3.63, 3.8) is 0 Å². The van der Waals surface area contributed by atoms with Crippen molar-refractivity contribution in [1.82, 2.24) is 5.32 Å². The maximum absolute atomic E-state index is 12.4. The van der Waals surface area contributed by atoms with Gasteiger partial charge in [0.1, 0.15) is 0 Å². The Hall–Kier alpha value is -2.18. The Labute approximate surface area is 139 Å². The van der Waals surface area contributed by atoms with Crippen LogP contribution in [0.15, 0.2) is 41.1 Å². The SMILES string of the molecule is CCC(=O)N(C)c1ccccc1C(=O)NCC(O)c1ccsc1. The molecule has 0 aliphatic carbocycles. The number of thiophene rings is 1. The Balaban J connectivity index is 2.09. The Morgan fingerprint density at radius 2 is 2.04 bits per heavy atom. The number of hydrogen-bond donors (Lipinski definition) is 2. The lowest BCUT2D eigenvalue weighted by molar-refractivity contribution is -0.118. The number of carbonyl (C=O) groups is 2. The molecule has 6 heteroatoms. The molecule has 0 saturated carbocycles. The van der Waals surface area contributed by atoms with Gasteiger partial charge in [-0.25, -0.2) is 0 Å². The first kappa shape index (κ1) is 17.2. The summed E-state index contributed by atoms with van der Waals surface area (Å²) >= 11 is 1.49. The number of nitrogens with zero attached hydrogens (tertiary/aromatic N) is 1. The van der Waals surface area contributed by atoms with Crippen LogP contribution < -0.4 is 10.2 Å². The van der Waals surface area contributed by atoms with E-state index in [0.29, 0.717) is 17.7 Å². The van der Waals surface area contributed by atoms with Crippen LogP contribution >= 0.6 is 11.3 Å². The largest absolute Gasteiger partial charge is 0.387 e. The van der Waals surface area contributed by atoms with Crippen LogP contribution in [0, 0.1) is 0 Å². The van der Waals surface area contributed by atoms with Gasteiger partial charge in [0.05, 0.1) is 17.4 Å². The minimum atomic E-state index is -0.743. The van der Waals surface area contributed by atoms with Gasteiger partial charge in [0.2, 0.25) is 5.91 Å². The molecule has 23 heavy (non-hydrogen) atoms. The average molecular weight is 332 g/mol. The van der Waals surface area contributed by atoms with Crippen molar-refractivity contribution in [2.24, 2.45) is 0 Å². The lowest BCUT2D eigenvalue weighted by atomic mass is 10.1. The minimum Gasteiger partial charge on any atom is -0.387 e. The van der Waals surface area contributed by atoms with Crippen molar-refractivity contribution >= 4 is 28.8 Å².